The first-order valence-electron chi connectivity index (χ1n) is 8.34. The van der Waals surface area contributed by atoms with Gasteiger partial charge in [-0.3, -0.25) is 0 Å². The average molecular weight is 373 g/mol. The Labute approximate surface area is 156 Å². The second-order valence-electron chi connectivity index (χ2n) is 6.17. The largest absolute Gasteiger partial charge is 0.350 e. The Morgan fingerprint density at radius 1 is 1.04 bits per heavy atom. The quantitative estimate of drug-likeness (QED) is 0.755. The highest BCUT2D eigenvalue weighted by Crippen LogP contribution is 2.30. The maximum Gasteiger partial charge on any atom is 0.140 e. The van der Waals surface area contributed by atoms with Crippen molar-refractivity contribution in [3.05, 3.63) is 64.4 Å². The molecule has 3 aromatic rings. The molecule has 4 rings (SSSR count). The molecule has 1 atom stereocenters. The lowest BCUT2D eigenvalue weighted by Gasteiger charge is -2.38. The van der Waals surface area contributed by atoms with Gasteiger partial charge in [0.25, 0.3) is 0 Å². The van der Waals surface area contributed by atoms with E-state index >= 15 is 0 Å². The van der Waals surface area contributed by atoms with E-state index in [4.69, 9.17) is 23.2 Å². The van der Waals surface area contributed by atoms with Crippen LogP contribution in [0.1, 0.15) is 5.56 Å². The van der Waals surface area contributed by atoms with Crippen molar-refractivity contribution in [3.8, 4) is 0 Å². The van der Waals surface area contributed by atoms with E-state index in [1.807, 2.05) is 36.4 Å². The van der Waals surface area contributed by atoms with E-state index in [2.05, 4.69) is 26.3 Å². The highest BCUT2D eigenvalue weighted by atomic mass is 35.5. The zero-order valence-corrected chi connectivity index (χ0v) is 15.1. The number of para-hydroxylation sites is 1. The molecule has 0 bridgehead atoms. The first-order valence-corrected chi connectivity index (χ1v) is 9.09. The Morgan fingerprint density at radius 3 is 2.68 bits per heavy atom. The van der Waals surface area contributed by atoms with Gasteiger partial charge in [0.2, 0.25) is 0 Å². The molecule has 128 valence electrons. The Bertz CT molecular complexity index is 874. The summed E-state index contributed by atoms with van der Waals surface area (Å²) < 4.78 is 0. The molecule has 25 heavy (non-hydrogen) atoms. The van der Waals surface area contributed by atoms with Gasteiger partial charge in [-0.2, -0.15) is 0 Å². The average Bonchev–Trinajstić information content (AvgIpc) is 2.65. The standard InChI is InChI=1S/C19H18Cl2N4/c20-16-5-3-6-17(21)15(16)10-13-11-22-8-9-25(13)19-14-4-1-2-7-18(14)23-12-24-19/h1-7,12-13,22H,8-11H2. The number of nitrogens with zero attached hydrogens (tertiary/aromatic N) is 3. The molecule has 2 aromatic carbocycles. The molecule has 0 radical (unpaired) electrons. The van der Waals surface area contributed by atoms with Gasteiger partial charge >= 0.3 is 0 Å². The van der Waals surface area contributed by atoms with Gasteiger partial charge in [-0.25, -0.2) is 9.97 Å². The van der Waals surface area contributed by atoms with Crippen molar-refractivity contribution in [2.24, 2.45) is 0 Å². The van der Waals surface area contributed by atoms with Crippen LogP contribution in [-0.2, 0) is 6.42 Å². The van der Waals surface area contributed by atoms with Crippen LogP contribution in [0.3, 0.4) is 0 Å². The van der Waals surface area contributed by atoms with Gasteiger partial charge in [0, 0.05) is 41.1 Å². The van der Waals surface area contributed by atoms with Crippen LogP contribution in [0.4, 0.5) is 5.82 Å². The van der Waals surface area contributed by atoms with Crippen LogP contribution in [0.5, 0.6) is 0 Å². The van der Waals surface area contributed by atoms with Gasteiger partial charge in [-0.05, 0) is 36.2 Å². The van der Waals surface area contributed by atoms with E-state index in [0.717, 1.165) is 48.3 Å². The molecule has 0 spiro atoms. The van der Waals surface area contributed by atoms with Crippen LogP contribution in [0, 0.1) is 0 Å². The lowest BCUT2D eigenvalue weighted by molar-refractivity contribution is 0.471. The number of aromatic nitrogens is 2. The second kappa shape index (κ2) is 7.16. The van der Waals surface area contributed by atoms with Crippen LogP contribution in [0.2, 0.25) is 10.0 Å². The summed E-state index contributed by atoms with van der Waals surface area (Å²) in [7, 11) is 0. The number of anilines is 1. The second-order valence-corrected chi connectivity index (χ2v) is 6.98. The minimum absolute atomic E-state index is 0.226. The summed E-state index contributed by atoms with van der Waals surface area (Å²) >= 11 is 12.8. The fourth-order valence-corrected chi connectivity index (χ4v) is 3.96. The SMILES string of the molecule is Clc1cccc(Cl)c1CC1CNCCN1c1ncnc2ccccc12. The third-order valence-corrected chi connectivity index (χ3v) is 5.35. The summed E-state index contributed by atoms with van der Waals surface area (Å²) in [5.74, 6) is 0.972. The number of nitrogens with one attached hydrogen (secondary N) is 1. The summed E-state index contributed by atoms with van der Waals surface area (Å²) in [5, 5.41) is 5.97. The van der Waals surface area contributed by atoms with Crippen LogP contribution < -0.4 is 10.2 Å². The molecule has 1 aliphatic rings. The minimum Gasteiger partial charge on any atom is -0.350 e. The Morgan fingerprint density at radius 2 is 1.84 bits per heavy atom. The Hall–Kier alpha value is -1.88. The summed E-state index contributed by atoms with van der Waals surface area (Å²) in [5.41, 5.74) is 1.95. The first-order chi connectivity index (χ1) is 12.2. The van der Waals surface area contributed by atoms with Gasteiger partial charge in [-0.1, -0.05) is 41.4 Å². The molecule has 1 N–H and O–H groups in total. The van der Waals surface area contributed by atoms with Crippen LogP contribution >= 0.6 is 23.2 Å². The van der Waals surface area contributed by atoms with Crippen LogP contribution in [-0.4, -0.2) is 35.6 Å². The maximum atomic E-state index is 6.39. The number of halogens is 2. The molecular formula is C19H18Cl2N4. The molecule has 1 fully saturated rings. The molecule has 0 saturated carbocycles. The molecule has 1 aromatic heterocycles. The van der Waals surface area contributed by atoms with Crippen molar-refractivity contribution in [3.63, 3.8) is 0 Å². The molecular weight excluding hydrogens is 355 g/mol. The number of rotatable bonds is 3. The third-order valence-electron chi connectivity index (χ3n) is 4.65. The predicted molar refractivity (Wildman–Crippen MR) is 104 cm³/mol. The highest BCUT2D eigenvalue weighted by molar-refractivity contribution is 6.36. The normalized spacial score (nSPS) is 17.8. The van der Waals surface area contributed by atoms with Gasteiger partial charge < -0.3 is 10.2 Å². The molecule has 2 heterocycles. The van der Waals surface area contributed by atoms with Crippen molar-refractivity contribution in [2.45, 2.75) is 12.5 Å². The summed E-state index contributed by atoms with van der Waals surface area (Å²) in [4.78, 5) is 11.3. The smallest absolute Gasteiger partial charge is 0.140 e. The highest BCUT2D eigenvalue weighted by Gasteiger charge is 2.26. The number of benzene rings is 2. The van der Waals surface area contributed by atoms with Gasteiger partial charge in [0.15, 0.2) is 0 Å². The van der Waals surface area contributed by atoms with E-state index in [9.17, 15) is 0 Å². The predicted octanol–water partition coefficient (Wildman–Crippen LogP) is 3.96. The summed E-state index contributed by atoms with van der Waals surface area (Å²) in [6.07, 6.45) is 2.41. The van der Waals surface area contributed by atoms with E-state index in [0.29, 0.717) is 10.0 Å². The Balaban J connectivity index is 1.72. The minimum atomic E-state index is 0.226. The van der Waals surface area contributed by atoms with Crippen molar-refractivity contribution in [2.75, 3.05) is 24.5 Å². The molecule has 0 aliphatic carbocycles. The van der Waals surface area contributed by atoms with Crippen molar-refractivity contribution >= 4 is 39.9 Å². The number of fused-ring (bicyclic) bond motifs is 1. The molecule has 1 saturated heterocycles. The van der Waals surface area contributed by atoms with E-state index < -0.39 is 0 Å². The zero-order valence-electron chi connectivity index (χ0n) is 13.6. The maximum absolute atomic E-state index is 6.39. The van der Waals surface area contributed by atoms with Gasteiger partial charge in [-0.15, -0.1) is 0 Å². The number of hydrogen-bond donors (Lipinski definition) is 1. The lowest BCUT2D eigenvalue weighted by Crippen LogP contribution is -2.52. The van der Waals surface area contributed by atoms with Crippen molar-refractivity contribution in [1.82, 2.24) is 15.3 Å². The first kappa shape index (κ1) is 16.6. The summed E-state index contributed by atoms with van der Waals surface area (Å²) in [6, 6.07) is 14.0. The van der Waals surface area contributed by atoms with Crippen molar-refractivity contribution < 1.29 is 0 Å². The van der Waals surface area contributed by atoms with Crippen LogP contribution in [0.15, 0.2) is 48.8 Å². The number of hydrogen-bond acceptors (Lipinski definition) is 4. The molecule has 1 unspecified atom stereocenters. The Kier molecular flexibility index (Phi) is 4.75. The summed E-state index contributed by atoms with van der Waals surface area (Å²) in [6.45, 7) is 2.67. The van der Waals surface area contributed by atoms with Crippen LogP contribution in [0.25, 0.3) is 10.9 Å². The fourth-order valence-electron chi connectivity index (χ4n) is 3.40. The third kappa shape index (κ3) is 3.30. The fraction of sp³-hybridized carbons (Fsp3) is 0.263. The monoisotopic (exact) mass is 372 g/mol. The molecule has 6 heteroatoms. The van der Waals surface area contributed by atoms with Gasteiger partial charge in [0.05, 0.1) is 5.52 Å². The topological polar surface area (TPSA) is 41.0 Å². The zero-order chi connectivity index (χ0) is 17.2. The van der Waals surface area contributed by atoms with E-state index in [1.165, 1.54) is 0 Å². The van der Waals surface area contributed by atoms with Crippen molar-refractivity contribution in [1.29, 1.82) is 0 Å². The number of piperazine rings is 1. The van der Waals surface area contributed by atoms with E-state index in [-0.39, 0.29) is 6.04 Å². The lowest BCUT2D eigenvalue weighted by atomic mass is 10.0. The molecule has 1 aliphatic heterocycles. The molecule has 0 amide bonds. The molecule has 4 nitrogen and oxygen atoms in total. The van der Waals surface area contributed by atoms with Gasteiger partial charge in [0.1, 0.15) is 12.1 Å². The van der Waals surface area contributed by atoms with E-state index in [1.54, 1.807) is 6.33 Å².